The number of likely N-dealkylation sites (tertiary alicyclic amines) is 1. The molecule has 0 bridgehead atoms. The summed E-state index contributed by atoms with van der Waals surface area (Å²) < 4.78 is 0. The lowest BCUT2D eigenvalue weighted by Gasteiger charge is -2.36. The van der Waals surface area contributed by atoms with Crippen LogP contribution in [0.2, 0.25) is 0 Å². The van der Waals surface area contributed by atoms with Crippen molar-refractivity contribution in [1.29, 1.82) is 0 Å². The van der Waals surface area contributed by atoms with E-state index in [0.717, 1.165) is 19.1 Å². The van der Waals surface area contributed by atoms with Crippen molar-refractivity contribution in [3.63, 3.8) is 0 Å². The molecule has 19 heavy (non-hydrogen) atoms. The van der Waals surface area contributed by atoms with Crippen LogP contribution in [0.5, 0.6) is 5.75 Å². The zero-order valence-corrected chi connectivity index (χ0v) is 11.5. The van der Waals surface area contributed by atoms with Gasteiger partial charge in [-0.05, 0) is 49.9 Å². The Labute approximate surface area is 115 Å². The quantitative estimate of drug-likeness (QED) is 0.854. The molecule has 3 heteroatoms. The third-order valence-corrected chi connectivity index (χ3v) is 4.26. The molecular weight excluding hydrogens is 236 g/mol. The molecule has 1 aliphatic carbocycles. The Morgan fingerprint density at radius 2 is 2.11 bits per heavy atom. The average molecular weight is 260 g/mol. The van der Waals surface area contributed by atoms with Crippen LogP contribution in [0.15, 0.2) is 24.3 Å². The molecule has 0 amide bonds. The van der Waals surface area contributed by atoms with Crippen molar-refractivity contribution in [2.24, 2.45) is 0 Å². The van der Waals surface area contributed by atoms with Crippen molar-refractivity contribution < 1.29 is 5.11 Å². The Balaban J connectivity index is 1.59. The maximum absolute atomic E-state index is 9.56. The molecule has 0 radical (unpaired) electrons. The lowest BCUT2D eigenvalue weighted by molar-refractivity contribution is 0.137. The van der Waals surface area contributed by atoms with E-state index in [1.165, 1.54) is 44.2 Å². The molecule has 3 rings (SSSR count). The van der Waals surface area contributed by atoms with Gasteiger partial charge in [0.15, 0.2) is 0 Å². The highest BCUT2D eigenvalue weighted by atomic mass is 16.3. The number of phenols is 1. The van der Waals surface area contributed by atoms with Crippen LogP contribution >= 0.6 is 0 Å². The number of hydrogen-bond donors (Lipinski definition) is 2. The Morgan fingerprint density at radius 1 is 1.21 bits per heavy atom. The van der Waals surface area contributed by atoms with Gasteiger partial charge < -0.3 is 10.4 Å². The Kier molecular flexibility index (Phi) is 4.04. The van der Waals surface area contributed by atoms with E-state index in [0.29, 0.717) is 11.8 Å². The number of phenolic OH excluding ortho intramolecular Hbond substituents is 1. The van der Waals surface area contributed by atoms with E-state index in [1.807, 2.05) is 12.1 Å². The number of benzene rings is 1. The van der Waals surface area contributed by atoms with Crippen LogP contribution in [0.4, 0.5) is 0 Å². The summed E-state index contributed by atoms with van der Waals surface area (Å²) in [7, 11) is 0. The molecule has 2 fully saturated rings. The third-order valence-electron chi connectivity index (χ3n) is 4.26. The summed E-state index contributed by atoms with van der Waals surface area (Å²) in [5, 5.41) is 13.2. The van der Waals surface area contributed by atoms with Gasteiger partial charge in [0, 0.05) is 25.2 Å². The zero-order valence-electron chi connectivity index (χ0n) is 11.5. The highest BCUT2D eigenvalue weighted by Gasteiger charge is 2.26. The van der Waals surface area contributed by atoms with E-state index < -0.39 is 0 Å². The second-order valence-corrected chi connectivity index (χ2v) is 5.97. The Morgan fingerprint density at radius 3 is 2.89 bits per heavy atom. The van der Waals surface area contributed by atoms with Gasteiger partial charge >= 0.3 is 0 Å². The first kappa shape index (κ1) is 12.9. The molecule has 1 aromatic carbocycles. The minimum Gasteiger partial charge on any atom is -0.508 e. The smallest absolute Gasteiger partial charge is 0.115 e. The molecule has 2 aliphatic rings. The van der Waals surface area contributed by atoms with Crippen molar-refractivity contribution in [3.05, 3.63) is 29.8 Å². The molecule has 1 saturated carbocycles. The highest BCUT2D eigenvalue weighted by molar-refractivity contribution is 5.27. The fourth-order valence-corrected chi connectivity index (χ4v) is 2.98. The van der Waals surface area contributed by atoms with E-state index in [9.17, 15) is 5.11 Å². The molecule has 2 N–H and O–H groups in total. The van der Waals surface area contributed by atoms with Crippen LogP contribution < -0.4 is 5.32 Å². The summed E-state index contributed by atoms with van der Waals surface area (Å²) >= 11 is 0. The number of nitrogens with zero attached hydrogens (tertiary/aromatic N) is 1. The topological polar surface area (TPSA) is 35.5 Å². The van der Waals surface area contributed by atoms with Gasteiger partial charge in [-0.2, -0.15) is 0 Å². The molecule has 1 atom stereocenters. The average Bonchev–Trinajstić information content (AvgIpc) is 3.22. The number of nitrogens with one attached hydrogen (secondary N) is 1. The van der Waals surface area contributed by atoms with Gasteiger partial charge in [0.05, 0.1) is 0 Å². The standard InChI is InChI=1S/C16H24N2O/c19-16-6-3-4-13(10-16)12-18-9-2-1-5-15(18)11-17-14-7-8-14/h3-4,6,10,14-15,17,19H,1-2,5,7-9,11-12H2. The molecule has 1 saturated heterocycles. The van der Waals surface area contributed by atoms with Crippen molar-refractivity contribution in [2.45, 2.75) is 50.7 Å². The summed E-state index contributed by atoms with van der Waals surface area (Å²) in [5.41, 5.74) is 1.22. The van der Waals surface area contributed by atoms with E-state index in [4.69, 9.17) is 0 Å². The Bertz CT molecular complexity index is 417. The zero-order chi connectivity index (χ0) is 13.1. The first-order valence-corrected chi connectivity index (χ1v) is 7.56. The summed E-state index contributed by atoms with van der Waals surface area (Å²) in [4.78, 5) is 2.58. The largest absolute Gasteiger partial charge is 0.508 e. The van der Waals surface area contributed by atoms with E-state index >= 15 is 0 Å². The monoisotopic (exact) mass is 260 g/mol. The third kappa shape index (κ3) is 3.71. The van der Waals surface area contributed by atoms with Crippen LogP contribution in [0, 0.1) is 0 Å². The van der Waals surface area contributed by atoms with E-state index in [-0.39, 0.29) is 0 Å². The van der Waals surface area contributed by atoms with Crippen molar-refractivity contribution >= 4 is 0 Å². The molecular formula is C16H24N2O. The van der Waals surface area contributed by atoms with Crippen LogP contribution in [0.25, 0.3) is 0 Å². The first-order chi connectivity index (χ1) is 9.31. The second kappa shape index (κ2) is 5.93. The lowest BCUT2D eigenvalue weighted by Crippen LogP contribution is -2.45. The predicted molar refractivity (Wildman–Crippen MR) is 77.2 cm³/mol. The number of rotatable bonds is 5. The van der Waals surface area contributed by atoms with E-state index in [2.05, 4.69) is 16.3 Å². The SMILES string of the molecule is Oc1cccc(CN2CCCCC2CNC2CC2)c1. The molecule has 104 valence electrons. The van der Waals surface area contributed by atoms with Gasteiger partial charge in [0.2, 0.25) is 0 Å². The predicted octanol–water partition coefficient (Wildman–Crippen LogP) is 2.50. The fourth-order valence-electron chi connectivity index (χ4n) is 2.98. The van der Waals surface area contributed by atoms with E-state index in [1.54, 1.807) is 6.07 Å². The molecule has 1 aromatic rings. The summed E-state index contributed by atoms with van der Waals surface area (Å²) in [6.45, 7) is 3.28. The molecule has 1 heterocycles. The molecule has 1 aliphatic heterocycles. The second-order valence-electron chi connectivity index (χ2n) is 5.97. The first-order valence-electron chi connectivity index (χ1n) is 7.56. The molecule has 0 aromatic heterocycles. The van der Waals surface area contributed by atoms with Crippen molar-refractivity contribution in [1.82, 2.24) is 10.2 Å². The van der Waals surface area contributed by atoms with Gasteiger partial charge in [-0.25, -0.2) is 0 Å². The normalized spacial score (nSPS) is 24.5. The van der Waals surface area contributed by atoms with Gasteiger partial charge in [0.25, 0.3) is 0 Å². The number of piperidine rings is 1. The lowest BCUT2D eigenvalue weighted by atomic mass is 10.0. The fraction of sp³-hybridized carbons (Fsp3) is 0.625. The van der Waals surface area contributed by atoms with Crippen molar-refractivity contribution in [2.75, 3.05) is 13.1 Å². The van der Waals surface area contributed by atoms with Gasteiger partial charge in [-0.1, -0.05) is 18.6 Å². The summed E-state index contributed by atoms with van der Waals surface area (Å²) in [5.74, 6) is 0.377. The maximum Gasteiger partial charge on any atom is 0.115 e. The maximum atomic E-state index is 9.56. The van der Waals surface area contributed by atoms with Crippen molar-refractivity contribution in [3.8, 4) is 5.75 Å². The van der Waals surface area contributed by atoms with Gasteiger partial charge in [-0.3, -0.25) is 4.90 Å². The summed E-state index contributed by atoms with van der Waals surface area (Å²) in [6.07, 6.45) is 6.68. The van der Waals surface area contributed by atoms with Gasteiger partial charge in [0.1, 0.15) is 5.75 Å². The molecule has 1 unspecified atom stereocenters. The summed E-state index contributed by atoms with van der Waals surface area (Å²) in [6, 6.07) is 9.14. The molecule has 3 nitrogen and oxygen atoms in total. The minimum atomic E-state index is 0.377. The van der Waals surface area contributed by atoms with Gasteiger partial charge in [-0.15, -0.1) is 0 Å². The number of hydrogen-bond acceptors (Lipinski definition) is 3. The van der Waals surface area contributed by atoms with Crippen LogP contribution in [-0.4, -0.2) is 35.2 Å². The molecule has 0 spiro atoms. The highest BCUT2D eigenvalue weighted by Crippen LogP contribution is 2.23. The number of aromatic hydroxyl groups is 1. The van der Waals surface area contributed by atoms with Crippen LogP contribution in [0.3, 0.4) is 0 Å². The minimum absolute atomic E-state index is 0.377. The van der Waals surface area contributed by atoms with Crippen LogP contribution in [-0.2, 0) is 6.54 Å². The Hall–Kier alpha value is -1.06. The van der Waals surface area contributed by atoms with Crippen LogP contribution in [0.1, 0.15) is 37.7 Å².